The lowest BCUT2D eigenvalue weighted by molar-refractivity contribution is 0.211. The van der Waals surface area contributed by atoms with E-state index in [1.807, 2.05) is 6.07 Å². The van der Waals surface area contributed by atoms with Crippen LogP contribution in [-0.2, 0) is 28.8 Å². The molecule has 1 aliphatic heterocycles. The Labute approximate surface area is 190 Å². The van der Waals surface area contributed by atoms with Crippen molar-refractivity contribution in [2.45, 2.75) is 62.3 Å². The maximum Gasteiger partial charge on any atom is 0.209 e. The summed E-state index contributed by atoms with van der Waals surface area (Å²) < 4.78 is 30.0. The van der Waals surface area contributed by atoms with Crippen LogP contribution >= 0.6 is 0 Å². The van der Waals surface area contributed by atoms with Gasteiger partial charge in [0.2, 0.25) is 9.84 Å². The molecule has 32 heavy (non-hydrogen) atoms. The average molecular weight is 456 g/mol. The molecular weight excluding hydrogens is 422 g/mol. The number of imidazole rings is 1. The zero-order valence-electron chi connectivity index (χ0n) is 19.7. The molecule has 4 rings (SSSR count). The van der Waals surface area contributed by atoms with Gasteiger partial charge in [-0.15, -0.1) is 0 Å². The standard InChI is InChI=1S/C24H33N5O2S/c1-17(2)28-11-9-18(10-12-28)15-29-22-8-7-19(13-21(22)26-23(29)24(3,4)5)32(30,31)20-14-25-27(6)16-20/h7-8,13-14,16,18H,1,9-12,15H2,2-6H3. The molecule has 8 heteroatoms. The fourth-order valence-corrected chi connectivity index (χ4v) is 5.73. The van der Waals surface area contributed by atoms with Crippen LogP contribution in [0.1, 0.15) is 46.4 Å². The first-order chi connectivity index (χ1) is 15.0. The molecule has 172 valence electrons. The van der Waals surface area contributed by atoms with E-state index in [1.54, 1.807) is 19.2 Å². The molecule has 0 aliphatic carbocycles. The number of allylic oxidation sites excluding steroid dienone is 1. The first-order valence-electron chi connectivity index (χ1n) is 11.1. The van der Waals surface area contributed by atoms with Crippen molar-refractivity contribution in [3.63, 3.8) is 0 Å². The van der Waals surface area contributed by atoms with Crippen molar-refractivity contribution in [2.24, 2.45) is 13.0 Å². The number of nitrogens with zero attached hydrogens (tertiary/aromatic N) is 5. The highest BCUT2D eigenvalue weighted by molar-refractivity contribution is 7.91. The third-order valence-electron chi connectivity index (χ3n) is 6.29. The molecule has 0 N–H and O–H groups in total. The molecule has 1 fully saturated rings. The largest absolute Gasteiger partial charge is 0.376 e. The minimum Gasteiger partial charge on any atom is -0.376 e. The average Bonchev–Trinajstić information content (AvgIpc) is 3.32. The predicted molar refractivity (Wildman–Crippen MR) is 126 cm³/mol. The van der Waals surface area contributed by atoms with Crippen molar-refractivity contribution in [1.29, 1.82) is 0 Å². The number of aromatic nitrogens is 4. The van der Waals surface area contributed by atoms with Crippen LogP contribution < -0.4 is 0 Å². The Hall–Kier alpha value is -2.61. The second-order valence-corrected chi connectivity index (χ2v) is 11.9. The number of fused-ring (bicyclic) bond motifs is 1. The fourth-order valence-electron chi connectivity index (χ4n) is 4.46. The molecule has 3 aromatic rings. The normalized spacial score (nSPS) is 16.1. The van der Waals surface area contributed by atoms with Crippen molar-refractivity contribution in [3.05, 3.63) is 48.7 Å². The van der Waals surface area contributed by atoms with Crippen LogP contribution in [0, 0.1) is 5.92 Å². The van der Waals surface area contributed by atoms with Crippen molar-refractivity contribution < 1.29 is 8.42 Å². The summed E-state index contributed by atoms with van der Waals surface area (Å²) in [5.74, 6) is 1.55. The number of aryl methyl sites for hydroxylation is 1. The van der Waals surface area contributed by atoms with E-state index in [0.29, 0.717) is 5.92 Å². The number of hydrogen-bond donors (Lipinski definition) is 0. The summed E-state index contributed by atoms with van der Waals surface area (Å²) in [5.41, 5.74) is 2.69. The van der Waals surface area contributed by atoms with Gasteiger partial charge in [-0.05, 0) is 43.9 Å². The van der Waals surface area contributed by atoms with Gasteiger partial charge in [-0.3, -0.25) is 4.68 Å². The summed E-state index contributed by atoms with van der Waals surface area (Å²) >= 11 is 0. The number of likely N-dealkylation sites (tertiary alicyclic amines) is 1. The summed E-state index contributed by atoms with van der Waals surface area (Å²) in [6.45, 7) is 15.6. The van der Waals surface area contributed by atoms with Gasteiger partial charge < -0.3 is 9.47 Å². The first kappa shape index (κ1) is 22.6. The molecule has 7 nitrogen and oxygen atoms in total. The van der Waals surface area contributed by atoms with E-state index in [9.17, 15) is 8.42 Å². The topological polar surface area (TPSA) is 73.0 Å². The number of benzene rings is 1. The van der Waals surface area contributed by atoms with Crippen LogP contribution in [0.3, 0.4) is 0 Å². The van der Waals surface area contributed by atoms with Crippen LogP contribution in [0.15, 0.2) is 52.7 Å². The SMILES string of the molecule is C=C(C)N1CCC(Cn2c(C(C)(C)C)nc3cc(S(=O)(=O)c4cnn(C)c4)ccc32)CC1. The minimum absolute atomic E-state index is 0.153. The summed E-state index contributed by atoms with van der Waals surface area (Å²) in [7, 11) is -1.93. The molecule has 0 unspecified atom stereocenters. The Morgan fingerprint density at radius 1 is 1.19 bits per heavy atom. The van der Waals surface area contributed by atoms with E-state index in [4.69, 9.17) is 4.98 Å². The first-order valence-corrected chi connectivity index (χ1v) is 12.6. The van der Waals surface area contributed by atoms with Crippen molar-refractivity contribution in [3.8, 4) is 0 Å². The fraction of sp³-hybridized carbons (Fsp3) is 0.500. The van der Waals surface area contributed by atoms with Gasteiger partial charge in [-0.1, -0.05) is 27.4 Å². The minimum atomic E-state index is -3.64. The Balaban J connectivity index is 1.70. The van der Waals surface area contributed by atoms with Gasteiger partial charge in [0.15, 0.2) is 0 Å². The number of rotatable bonds is 5. The highest BCUT2D eigenvalue weighted by atomic mass is 32.2. The van der Waals surface area contributed by atoms with Gasteiger partial charge in [0, 0.05) is 44.0 Å². The van der Waals surface area contributed by atoms with Gasteiger partial charge in [0.05, 0.1) is 22.1 Å². The summed E-state index contributed by atoms with van der Waals surface area (Å²) in [4.78, 5) is 7.71. The molecule has 0 spiro atoms. The molecule has 0 bridgehead atoms. The zero-order valence-corrected chi connectivity index (χ0v) is 20.5. The Kier molecular flexibility index (Phi) is 5.69. The van der Waals surface area contributed by atoms with Gasteiger partial charge in [-0.2, -0.15) is 5.10 Å². The lowest BCUT2D eigenvalue weighted by atomic mass is 9.93. The molecule has 1 aliphatic rings. The van der Waals surface area contributed by atoms with E-state index in [-0.39, 0.29) is 15.2 Å². The molecular formula is C24H33N5O2S. The Morgan fingerprint density at radius 2 is 1.88 bits per heavy atom. The van der Waals surface area contributed by atoms with Gasteiger partial charge in [-0.25, -0.2) is 13.4 Å². The van der Waals surface area contributed by atoms with Crippen LogP contribution in [0.4, 0.5) is 0 Å². The van der Waals surface area contributed by atoms with Crippen molar-refractivity contribution >= 4 is 20.9 Å². The number of sulfone groups is 1. The number of piperidine rings is 1. The summed E-state index contributed by atoms with van der Waals surface area (Å²) in [6, 6.07) is 5.30. The number of hydrogen-bond acceptors (Lipinski definition) is 5. The quantitative estimate of drug-likeness (QED) is 0.578. The zero-order chi connectivity index (χ0) is 23.3. The van der Waals surface area contributed by atoms with E-state index in [2.05, 4.69) is 48.8 Å². The van der Waals surface area contributed by atoms with Crippen LogP contribution in [-0.4, -0.2) is 45.7 Å². The third-order valence-corrected chi connectivity index (χ3v) is 7.99. The Bertz CT molecular complexity index is 1260. The summed E-state index contributed by atoms with van der Waals surface area (Å²) in [5, 5.41) is 4.01. The lowest BCUT2D eigenvalue weighted by Crippen LogP contribution is -2.34. The second-order valence-electron chi connectivity index (χ2n) is 9.97. The van der Waals surface area contributed by atoms with Crippen molar-refractivity contribution in [1.82, 2.24) is 24.2 Å². The molecule has 0 amide bonds. The van der Waals surface area contributed by atoms with E-state index >= 15 is 0 Å². The molecule has 0 saturated carbocycles. The van der Waals surface area contributed by atoms with Crippen LogP contribution in [0.5, 0.6) is 0 Å². The summed E-state index contributed by atoms with van der Waals surface area (Å²) in [6.07, 6.45) is 5.14. The molecule has 3 heterocycles. The Morgan fingerprint density at radius 3 is 2.44 bits per heavy atom. The van der Waals surface area contributed by atoms with Crippen LogP contribution in [0.25, 0.3) is 11.0 Å². The monoisotopic (exact) mass is 455 g/mol. The third kappa shape index (κ3) is 4.20. The highest BCUT2D eigenvalue weighted by Crippen LogP contribution is 2.32. The van der Waals surface area contributed by atoms with Gasteiger partial charge in [0.25, 0.3) is 0 Å². The molecule has 1 saturated heterocycles. The molecule has 2 aromatic heterocycles. The van der Waals surface area contributed by atoms with E-state index in [0.717, 1.165) is 55.0 Å². The van der Waals surface area contributed by atoms with Gasteiger partial charge in [0.1, 0.15) is 10.7 Å². The maximum atomic E-state index is 13.1. The van der Waals surface area contributed by atoms with E-state index in [1.165, 1.54) is 17.1 Å². The molecule has 0 radical (unpaired) electrons. The predicted octanol–water partition coefficient (Wildman–Crippen LogP) is 4.15. The van der Waals surface area contributed by atoms with Crippen LogP contribution in [0.2, 0.25) is 0 Å². The van der Waals surface area contributed by atoms with Gasteiger partial charge >= 0.3 is 0 Å². The van der Waals surface area contributed by atoms with E-state index < -0.39 is 9.84 Å². The lowest BCUT2D eigenvalue weighted by Gasteiger charge is -2.34. The second kappa shape index (κ2) is 8.06. The molecule has 0 atom stereocenters. The molecule has 1 aromatic carbocycles. The highest BCUT2D eigenvalue weighted by Gasteiger charge is 2.28. The van der Waals surface area contributed by atoms with Crippen molar-refractivity contribution in [2.75, 3.05) is 13.1 Å². The maximum absolute atomic E-state index is 13.1. The smallest absolute Gasteiger partial charge is 0.209 e.